The minimum Gasteiger partial charge on any atom is -0.352 e. The predicted molar refractivity (Wildman–Crippen MR) is 164 cm³/mol. The molecule has 0 fully saturated rings. The molecule has 9 heteroatoms. The van der Waals surface area contributed by atoms with Gasteiger partial charge in [-0.1, -0.05) is 70.4 Å². The van der Waals surface area contributed by atoms with Crippen molar-refractivity contribution >= 4 is 43.5 Å². The number of nitrogens with zero attached hydrogens (tertiary/aromatic N) is 2. The maximum Gasteiger partial charge on any atom is 0.264 e. The van der Waals surface area contributed by atoms with Crippen molar-refractivity contribution in [3.63, 3.8) is 0 Å². The highest BCUT2D eigenvalue weighted by Crippen LogP contribution is 2.28. The molecule has 0 radical (unpaired) electrons. The molecule has 0 heterocycles. The van der Waals surface area contributed by atoms with E-state index in [9.17, 15) is 18.0 Å². The van der Waals surface area contributed by atoms with E-state index in [0.29, 0.717) is 5.69 Å². The fourth-order valence-electron chi connectivity index (χ4n) is 4.32. The summed E-state index contributed by atoms with van der Waals surface area (Å²) in [5, 5.41) is 2.95. The number of nitrogens with one attached hydrogen (secondary N) is 1. The summed E-state index contributed by atoms with van der Waals surface area (Å²) in [5.74, 6) is -0.778. The van der Waals surface area contributed by atoms with Gasteiger partial charge >= 0.3 is 0 Å². The van der Waals surface area contributed by atoms with Crippen LogP contribution in [0.4, 0.5) is 5.69 Å². The van der Waals surface area contributed by atoms with Gasteiger partial charge in [-0.15, -0.1) is 0 Å². The smallest absolute Gasteiger partial charge is 0.264 e. The van der Waals surface area contributed by atoms with Gasteiger partial charge in [0.1, 0.15) is 12.6 Å². The Kier molecular flexibility index (Phi) is 10.6. The molecular formula is C31H38BrN3O4S. The molecule has 3 aromatic carbocycles. The van der Waals surface area contributed by atoms with Crippen molar-refractivity contribution < 1.29 is 18.0 Å². The minimum absolute atomic E-state index is 0.0635. The Morgan fingerprint density at radius 3 is 2.17 bits per heavy atom. The fourth-order valence-corrected chi connectivity index (χ4v) is 6.24. The first-order chi connectivity index (χ1) is 18.8. The monoisotopic (exact) mass is 627 g/mol. The molecule has 214 valence electrons. The Bertz CT molecular complexity index is 1460. The van der Waals surface area contributed by atoms with Crippen LogP contribution in [0.2, 0.25) is 0 Å². The molecule has 1 N–H and O–H groups in total. The molecule has 0 aromatic heterocycles. The van der Waals surface area contributed by atoms with Gasteiger partial charge in [-0.2, -0.15) is 0 Å². The lowest BCUT2D eigenvalue weighted by atomic mass is 10.1. The second kappa shape index (κ2) is 13.5. The third-order valence-corrected chi connectivity index (χ3v) is 9.19. The molecule has 40 heavy (non-hydrogen) atoms. The van der Waals surface area contributed by atoms with Crippen molar-refractivity contribution in [2.75, 3.05) is 10.8 Å². The highest BCUT2D eigenvalue weighted by molar-refractivity contribution is 9.10. The van der Waals surface area contributed by atoms with E-state index in [1.165, 1.54) is 4.90 Å². The molecule has 0 spiro atoms. The van der Waals surface area contributed by atoms with Crippen LogP contribution < -0.4 is 9.62 Å². The summed E-state index contributed by atoms with van der Waals surface area (Å²) in [4.78, 5) is 28.8. The molecule has 0 aliphatic rings. The molecular weight excluding hydrogens is 590 g/mol. The summed E-state index contributed by atoms with van der Waals surface area (Å²) in [7, 11) is -4.11. The van der Waals surface area contributed by atoms with Crippen LogP contribution in [0.5, 0.6) is 0 Å². The van der Waals surface area contributed by atoms with Crippen LogP contribution in [-0.4, -0.2) is 43.8 Å². The van der Waals surface area contributed by atoms with E-state index in [1.54, 1.807) is 37.3 Å². The van der Waals surface area contributed by atoms with Crippen molar-refractivity contribution in [1.82, 2.24) is 10.2 Å². The molecule has 3 aromatic rings. The number of hydrogen-bond donors (Lipinski definition) is 1. The molecule has 2 unspecified atom stereocenters. The van der Waals surface area contributed by atoms with Gasteiger partial charge in [-0.05, 0) is 82.5 Å². The lowest BCUT2D eigenvalue weighted by Crippen LogP contribution is -2.52. The number of carbonyl (C=O) groups is 2. The zero-order valence-electron chi connectivity index (χ0n) is 23.9. The zero-order chi connectivity index (χ0) is 29.6. The van der Waals surface area contributed by atoms with E-state index in [1.807, 2.05) is 71.0 Å². The number of hydrogen-bond acceptors (Lipinski definition) is 4. The molecule has 0 aliphatic heterocycles. The average molecular weight is 629 g/mol. The fraction of sp³-hybridized carbons (Fsp3) is 0.355. The Hall–Kier alpha value is -3.17. The topological polar surface area (TPSA) is 86.8 Å². The first kappa shape index (κ1) is 31.4. The lowest BCUT2D eigenvalue weighted by molar-refractivity contribution is -0.139. The van der Waals surface area contributed by atoms with Gasteiger partial charge in [0.25, 0.3) is 10.0 Å². The SMILES string of the molecule is CCC(C)NC(=O)C(C)N(Cc1cccc(Br)c1)C(=O)CN(c1ccc(C)cc1C)S(=O)(=O)c1ccc(C)cc1. The van der Waals surface area contributed by atoms with Gasteiger partial charge in [0.2, 0.25) is 11.8 Å². The van der Waals surface area contributed by atoms with Crippen LogP contribution >= 0.6 is 15.9 Å². The van der Waals surface area contributed by atoms with Gasteiger partial charge in [0.05, 0.1) is 10.6 Å². The predicted octanol–water partition coefficient (Wildman–Crippen LogP) is 5.90. The van der Waals surface area contributed by atoms with E-state index < -0.39 is 28.5 Å². The molecule has 0 bridgehead atoms. The van der Waals surface area contributed by atoms with E-state index >= 15 is 0 Å². The van der Waals surface area contributed by atoms with Crippen LogP contribution in [-0.2, 0) is 26.2 Å². The van der Waals surface area contributed by atoms with Crippen LogP contribution in [0.1, 0.15) is 49.4 Å². The standard InChI is InChI=1S/C31H38BrN3O4S/c1-7-24(5)33-31(37)25(6)34(19-26-9-8-10-27(32)18-26)30(36)20-35(29-16-13-22(3)17-23(29)4)40(38,39)28-14-11-21(2)12-15-28/h8-18,24-25H,7,19-20H2,1-6H3,(H,33,37). The maximum atomic E-state index is 14.1. The summed E-state index contributed by atoms with van der Waals surface area (Å²) in [5.41, 5.74) is 3.86. The van der Waals surface area contributed by atoms with Gasteiger partial charge in [-0.25, -0.2) is 8.42 Å². The molecule has 0 saturated carbocycles. The number of amides is 2. The van der Waals surface area contributed by atoms with Gasteiger partial charge in [-0.3, -0.25) is 13.9 Å². The molecule has 0 aliphatic carbocycles. The molecule has 2 amide bonds. The second-order valence-electron chi connectivity index (χ2n) is 10.3. The van der Waals surface area contributed by atoms with Gasteiger partial charge in [0, 0.05) is 17.1 Å². The summed E-state index contributed by atoms with van der Waals surface area (Å²) < 4.78 is 30.0. The van der Waals surface area contributed by atoms with E-state index in [-0.39, 0.29) is 23.4 Å². The first-order valence-electron chi connectivity index (χ1n) is 13.3. The third kappa shape index (κ3) is 7.73. The Morgan fingerprint density at radius 2 is 1.57 bits per heavy atom. The summed E-state index contributed by atoms with van der Waals surface area (Å²) >= 11 is 3.47. The highest BCUT2D eigenvalue weighted by Gasteiger charge is 2.33. The van der Waals surface area contributed by atoms with Gasteiger partial charge < -0.3 is 10.2 Å². The van der Waals surface area contributed by atoms with E-state index in [4.69, 9.17) is 0 Å². The zero-order valence-corrected chi connectivity index (χ0v) is 26.3. The summed E-state index contributed by atoms with van der Waals surface area (Å²) in [6, 6.07) is 18.6. The number of benzene rings is 3. The van der Waals surface area contributed by atoms with Crippen molar-refractivity contribution in [3.05, 3.63) is 93.5 Å². The minimum atomic E-state index is -4.11. The molecule has 0 saturated heterocycles. The maximum absolute atomic E-state index is 14.1. The summed E-state index contributed by atoms with van der Waals surface area (Å²) in [6.45, 7) is 10.9. The second-order valence-corrected chi connectivity index (χ2v) is 13.0. The number of rotatable bonds is 11. The van der Waals surface area contributed by atoms with Gasteiger partial charge in [0.15, 0.2) is 0 Å². The lowest BCUT2D eigenvalue weighted by Gasteiger charge is -2.33. The van der Waals surface area contributed by atoms with Crippen molar-refractivity contribution in [2.45, 2.75) is 71.5 Å². The van der Waals surface area contributed by atoms with Crippen LogP contribution in [0.15, 0.2) is 76.1 Å². The van der Waals surface area contributed by atoms with Crippen molar-refractivity contribution in [1.29, 1.82) is 0 Å². The molecule has 7 nitrogen and oxygen atoms in total. The molecule has 2 atom stereocenters. The Balaban J connectivity index is 2.06. The Morgan fingerprint density at radius 1 is 0.925 bits per heavy atom. The van der Waals surface area contributed by atoms with E-state index in [0.717, 1.165) is 37.5 Å². The first-order valence-corrected chi connectivity index (χ1v) is 15.6. The number of carbonyl (C=O) groups excluding carboxylic acids is 2. The van der Waals surface area contributed by atoms with Crippen LogP contribution in [0.25, 0.3) is 0 Å². The van der Waals surface area contributed by atoms with Crippen molar-refractivity contribution in [3.8, 4) is 0 Å². The quantitative estimate of drug-likeness (QED) is 0.287. The average Bonchev–Trinajstić information content (AvgIpc) is 2.90. The summed E-state index contributed by atoms with van der Waals surface area (Å²) in [6.07, 6.45) is 0.743. The van der Waals surface area contributed by atoms with Crippen molar-refractivity contribution in [2.24, 2.45) is 0 Å². The largest absolute Gasteiger partial charge is 0.352 e. The number of anilines is 1. The van der Waals surface area contributed by atoms with Crippen LogP contribution in [0, 0.1) is 20.8 Å². The van der Waals surface area contributed by atoms with E-state index in [2.05, 4.69) is 21.2 Å². The van der Waals surface area contributed by atoms with Crippen LogP contribution in [0.3, 0.4) is 0 Å². The highest BCUT2D eigenvalue weighted by atomic mass is 79.9. The Labute approximate surface area is 246 Å². The number of sulfonamides is 1. The normalized spacial score (nSPS) is 12.9. The number of aryl methyl sites for hydroxylation is 3. The molecule has 3 rings (SSSR count). The number of halogens is 1. The third-order valence-electron chi connectivity index (χ3n) is 6.92.